The lowest BCUT2D eigenvalue weighted by atomic mass is 10.1. The quantitative estimate of drug-likeness (QED) is 0.714. The minimum atomic E-state index is -0.431. The highest BCUT2D eigenvalue weighted by Crippen LogP contribution is 2.07. The van der Waals surface area contributed by atoms with E-state index >= 15 is 0 Å². The molecule has 0 aromatic heterocycles. The molecule has 1 aromatic rings. The summed E-state index contributed by atoms with van der Waals surface area (Å²) in [6, 6.07) is 7.18. The van der Waals surface area contributed by atoms with Crippen molar-refractivity contribution in [2.75, 3.05) is 6.61 Å². The second-order valence-electron chi connectivity index (χ2n) is 2.71. The van der Waals surface area contributed by atoms with E-state index in [9.17, 15) is 4.79 Å². The predicted molar refractivity (Wildman–Crippen MR) is 52.6 cm³/mol. The number of carbonyl (C=O) groups excluding carboxylic acids is 1. The molecule has 0 amide bonds. The summed E-state index contributed by atoms with van der Waals surface area (Å²) in [6.45, 7) is 1.49. The third-order valence-corrected chi connectivity index (χ3v) is 1.71. The Hall–Kier alpha value is -1.41. The van der Waals surface area contributed by atoms with E-state index in [-0.39, 0.29) is 5.78 Å². The molecule has 0 aliphatic carbocycles. The van der Waals surface area contributed by atoms with Crippen molar-refractivity contribution in [1.29, 1.82) is 0 Å². The normalized spacial score (nSPS) is 10.6. The van der Waals surface area contributed by atoms with Gasteiger partial charge in [0.2, 0.25) is 0 Å². The van der Waals surface area contributed by atoms with Gasteiger partial charge in [0.25, 0.3) is 0 Å². The first-order valence-electron chi connectivity index (χ1n) is 4.14. The number of benzene rings is 1. The third-order valence-electron chi connectivity index (χ3n) is 1.71. The van der Waals surface area contributed by atoms with Crippen LogP contribution >= 0.6 is 0 Å². The van der Waals surface area contributed by atoms with Gasteiger partial charge in [0.1, 0.15) is 6.61 Å². The number of aliphatic hydroxyl groups is 1. The van der Waals surface area contributed by atoms with Gasteiger partial charge in [-0.05, 0) is 18.6 Å². The van der Waals surface area contributed by atoms with Crippen LogP contribution in [0.4, 0.5) is 0 Å². The molecular formula is C11H12O2. The van der Waals surface area contributed by atoms with Gasteiger partial charge in [0, 0.05) is 5.56 Å². The first-order valence-corrected chi connectivity index (χ1v) is 4.14. The van der Waals surface area contributed by atoms with E-state index in [1.165, 1.54) is 0 Å². The van der Waals surface area contributed by atoms with Crippen LogP contribution in [0.3, 0.4) is 0 Å². The first kappa shape index (κ1) is 9.68. The highest BCUT2D eigenvalue weighted by Gasteiger charge is 2.02. The number of hydrogen-bond donors (Lipinski definition) is 1. The van der Waals surface area contributed by atoms with Gasteiger partial charge < -0.3 is 5.11 Å². The minimum absolute atomic E-state index is 0.244. The molecular weight excluding hydrogens is 164 g/mol. The van der Waals surface area contributed by atoms with E-state index < -0.39 is 6.61 Å². The summed E-state index contributed by atoms with van der Waals surface area (Å²) in [6.07, 6.45) is 3.82. The van der Waals surface area contributed by atoms with Gasteiger partial charge in [0.05, 0.1) is 0 Å². The van der Waals surface area contributed by atoms with Crippen molar-refractivity contribution < 1.29 is 9.90 Å². The molecule has 13 heavy (non-hydrogen) atoms. The number of hydrogen-bond acceptors (Lipinski definition) is 2. The molecule has 0 aliphatic rings. The van der Waals surface area contributed by atoms with Crippen LogP contribution in [-0.2, 0) is 0 Å². The highest BCUT2D eigenvalue weighted by molar-refractivity contribution is 5.97. The zero-order chi connectivity index (χ0) is 9.68. The van der Waals surface area contributed by atoms with Crippen LogP contribution in [0.5, 0.6) is 0 Å². The Morgan fingerprint density at radius 2 is 2.31 bits per heavy atom. The van der Waals surface area contributed by atoms with Crippen molar-refractivity contribution in [2.24, 2.45) is 0 Å². The van der Waals surface area contributed by atoms with Crippen LogP contribution in [0.25, 0.3) is 6.08 Å². The monoisotopic (exact) mass is 176 g/mol. The summed E-state index contributed by atoms with van der Waals surface area (Å²) in [5, 5.41) is 8.64. The molecule has 0 saturated carbocycles. The SMILES string of the molecule is CC=Cc1cccc(C(=O)CO)c1. The van der Waals surface area contributed by atoms with Crippen molar-refractivity contribution in [1.82, 2.24) is 0 Å². The first-order chi connectivity index (χ1) is 6.27. The van der Waals surface area contributed by atoms with Crippen molar-refractivity contribution in [3.8, 4) is 0 Å². The van der Waals surface area contributed by atoms with Gasteiger partial charge >= 0.3 is 0 Å². The average molecular weight is 176 g/mol. The molecule has 0 bridgehead atoms. The minimum Gasteiger partial charge on any atom is -0.388 e. The molecule has 1 aromatic carbocycles. The van der Waals surface area contributed by atoms with Crippen molar-refractivity contribution in [2.45, 2.75) is 6.92 Å². The van der Waals surface area contributed by atoms with E-state index in [0.29, 0.717) is 5.56 Å². The molecule has 0 radical (unpaired) electrons. The molecule has 1 rings (SSSR count). The summed E-state index contributed by atoms with van der Waals surface area (Å²) in [4.78, 5) is 11.1. The van der Waals surface area contributed by atoms with Crippen LogP contribution in [-0.4, -0.2) is 17.5 Å². The van der Waals surface area contributed by atoms with E-state index in [2.05, 4.69) is 0 Å². The Morgan fingerprint density at radius 1 is 1.54 bits per heavy atom. The van der Waals surface area contributed by atoms with E-state index in [0.717, 1.165) is 5.56 Å². The summed E-state index contributed by atoms with van der Waals surface area (Å²) in [7, 11) is 0. The molecule has 0 unspecified atom stereocenters. The van der Waals surface area contributed by atoms with Gasteiger partial charge in [-0.3, -0.25) is 4.79 Å². The number of rotatable bonds is 3. The maximum atomic E-state index is 11.1. The zero-order valence-electron chi connectivity index (χ0n) is 7.53. The lowest BCUT2D eigenvalue weighted by Crippen LogP contribution is -2.03. The fraction of sp³-hybridized carbons (Fsp3) is 0.182. The van der Waals surface area contributed by atoms with Crippen LogP contribution in [0.15, 0.2) is 30.3 Å². The van der Waals surface area contributed by atoms with Crippen LogP contribution in [0, 0.1) is 0 Å². The summed E-state index contributed by atoms with van der Waals surface area (Å²) >= 11 is 0. The zero-order valence-corrected chi connectivity index (χ0v) is 7.53. The predicted octanol–water partition coefficient (Wildman–Crippen LogP) is 1.89. The Bertz CT molecular complexity index is 327. The van der Waals surface area contributed by atoms with Gasteiger partial charge in [0.15, 0.2) is 5.78 Å². The number of carbonyl (C=O) groups is 1. The van der Waals surface area contributed by atoms with E-state index in [4.69, 9.17) is 5.11 Å². The smallest absolute Gasteiger partial charge is 0.188 e. The van der Waals surface area contributed by atoms with Crippen LogP contribution in [0.2, 0.25) is 0 Å². The maximum absolute atomic E-state index is 11.1. The lowest BCUT2D eigenvalue weighted by Gasteiger charge is -1.98. The summed E-state index contributed by atoms with van der Waals surface area (Å²) in [5.41, 5.74) is 1.53. The second-order valence-corrected chi connectivity index (χ2v) is 2.71. The van der Waals surface area contributed by atoms with E-state index in [1.54, 1.807) is 18.2 Å². The molecule has 1 N–H and O–H groups in total. The molecule has 2 heteroatoms. The highest BCUT2D eigenvalue weighted by atomic mass is 16.3. The maximum Gasteiger partial charge on any atom is 0.188 e. The number of Topliss-reactive ketones (excluding diaryl/α,β-unsaturated/α-hetero) is 1. The van der Waals surface area contributed by atoms with Gasteiger partial charge in [-0.25, -0.2) is 0 Å². The molecule has 0 saturated heterocycles. The van der Waals surface area contributed by atoms with Crippen LogP contribution in [0.1, 0.15) is 22.8 Å². The van der Waals surface area contributed by atoms with E-state index in [1.807, 2.05) is 25.1 Å². The Labute approximate surface area is 77.5 Å². The summed E-state index contributed by atoms with van der Waals surface area (Å²) < 4.78 is 0. The molecule has 0 heterocycles. The molecule has 2 nitrogen and oxygen atoms in total. The number of ketones is 1. The Kier molecular flexibility index (Phi) is 3.41. The third kappa shape index (κ3) is 2.53. The van der Waals surface area contributed by atoms with Crippen molar-refractivity contribution in [3.63, 3.8) is 0 Å². The van der Waals surface area contributed by atoms with Gasteiger partial charge in [-0.1, -0.05) is 30.4 Å². The molecule has 0 fully saturated rings. The topological polar surface area (TPSA) is 37.3 Å². The van der Waals surface area contributed by atoms with Crippen molar-refractivity contribution in [3.05, 3.63) is 41.5 Å². The number of allylic oxidation sites excluding steroid dienone is 1. The second kappa shape index (κ2) is 4.58. The molecule has 68 valence electrons. The van der Waals surface area contributed by atoms with Crippen molar-refractivity contribution >= 4 is 11.9 Å². The lowest BCUT2D eigenvalue weighted by molar-refractivity contribution is 0.0903. The standard InChI is InChI=1S/C11H12O2/c1-2-4-9-5-3-6-10(7-9)11(13)8-12/h2-7,12H,8H2,1H3. The summed E-state index contributed by atoms with van der Waals surface area (Å²) in [5.74, 6) is -0.244. The Balaban J connectivity index is 2.98. The number of aliphatic hydroxyl groups excluding tert-OH is 1. The van der Waals surface area contributed by atoms with Gasteiger partial charge in [-0.2, -0.15) is 0 Å². The Morgan fingerprint density at radius 3 is 2.92 bits per heavy atom. The average Bonchev–Trinajstić information content (AvgIpc) is 2.18. The van der Waals surface area contributed by atoms with Gasteiger partial charge in [-0.15, -0.1) is 0 Å². The molecule has 0 aliphatic heterocycles. The molecule has 0 atom stereocenters. The van der Waals surface area contributed by atoms with Crippen LogP contribution < -0.4 is 0 Å². The fourth-order valence-corrected chi connectivity index (χ4v) is 1.10. The fourth-order valence-electron chi connectivity index (χ4n) is 1.10. The molecule has 0 spiro atoms. The largest absolute Gasteiger partial charge is 0.388 e.